The number of aryl methyl sites for hydroxylation is 1. The van der Waals surface area contributed by atoms with E-state index in [4.69, 9.17) is 4.74 Å². The van der Waals surface area contributed by atoms with E-state index in [2.05, 4.69) is 43.3 Å². The van der Waals surface area contributed by atoms with E-state index in [9.17, 15) is 4.79 Å². The monoisotopic (exact) mass is 280 g/mol. The first-order valence-corrected chi connectivity index (χ1v) is 7.48. The van der Waals surface area contributed by atoms with Crippen molar-refractivity contribution in [3.05, 3.63) is 71.3 Å². The van der Waals surface area contributed by atoms with Crippen molar-refractivity contribution in [2.24, 2.45) is 11.8 Å². The molecule has 2 nitrogen and oxygen atoms in total. The van der Waals surface area contributed by atoms with Crippen molar-refractivity contribution in [2.75, 3.05) is 6.61 Å². The predicted molar refractivity (Wildman–Crippen MR) is 83.0 cm³/mol. The maximum Gasteiger partial charge on any atom is 0.309 e. The molecular formula is C19H20O2. The van der Waals surface area contributed by atoms with Crippen molar-refractivity contribution in [3.8, 4) is 0 Å². The summed E-state index contributed by atoms with van der Waals surface area (Å²) < 4.78 is 5.31. The lowest BCUT2D eigenvalue weighted by Gasteiger charge is -2.15. The number of cyclic esters (lactones) is 1. The van der Waals surface area contributed by atoms with Crippen molar-refractivity contribution in [2.45, 2.75) is 19.8 Å². The van der Waals surface area contributed by atoms with Gasteiger partial charge in [-0.25, -0.2) is 0 Å². The Morgan fingerprint density at radius 1 is 0.952 bits per heavy atom. The van der Waals surface area contributed by atoms with Crippen LogP contribution < -0.4 is 0 Å². The van der Waals surface area contributed by atoms with E-state index in [1.165, 1.54) is 16.7 Å². The number of esters is 1. The molecule has 2 atom stereocenters. The number of benzene rings is 2. The van der Waals surface area contributed by atoms with Gasteiger partial charge in [0.25, 0.3) is 0 Å². The predicted octanol–water partition coefficient (Wildman–Crippen LogP) is 3.57. The summed E-state index contributed by atoms with van der Waals surface area (Å²) in [6.07, 6.45) is 1.68. The third kappa shape index (κ3) is 3.33. The van der Waals surface area contributed by atoms with Crippen LogP contribution in [0.25, 0.3) is 0 Å². The molecule has 0 spiro atoms. The van der Waals surface area contributed by atoms with E-state index >= 15 is 0 Å². The first kappa shape index (κ1) is 13.9. The van der Waals surface area contributed by atoms with E-state index in [-0.39, 0.29) is 17.8 Å². The molecule has 0 aromatic heterocycles. The number of ether oxygens (including phenoxy) is 1. The zero-order valence-corrected chi connectivity index (χ0v) is 12.3. The van der Waals surface area contributed by atoms with Gasteiger partial charge in [0.1, 0.15) is 0 Å². The van der Waals surface area contributed by atoms with Crippen LogP contribution in [0.1, 0.15) is 16.7 Å². The Bertz CT molecular complexity index is 601. The summed E-state index contributed by atoms with van der Waals surface area (Å²) in [5.41, 5.74) is 3.73. The topological polar surface area (TPSA) is 26.3 Å². The van der Waals surface area contributed by atoms with Crippen LogP contribution in [0.5, 0.6) is 0 Å². The molecule has 1 aliphatic heterocycles. The fourth-order valence-corrected chi connectivity index (χ4v) is 2.95. The number of carbonyl (C=O) groups excluding carboxylic acids is 1. The highest BCUT2D eigenvalue weighted by Crippen LogP contribution is 2.29. The molecule has 2 aromatic carbocycles. The Morgan fingerprint density at radius 3 is 2.33 bits per heavy atom. The molecule has 21 heavy (non-hydrogen) atoms. The third-order valence-electron chi connectivity index (χ3n) is 4.23. The minimum absolute atomic E-state index is 0.0205. The average molecular weight is 280 g/mol. The van der Waals surface area contributed by atoms with Gasteiger partial charge in [-0.3, -0.25) is 4.79 Å². The minimum atomic E-state index is -0.0449. The highest BCUT2D eigenvalue weighted by Gasteiger charge is 2.36. The lowest BCUT2D eigenvalue weighted by Crippen LogP contribution is -2.20. The molecular weight excluding hydrogens is 260 g/mol. The normalized spacial score (nSPS) is 21.3. The Morgan fingerprint density at radius 2 is 1.62 bits per heavy atom. The highest BCUT2D eigenvalue weighted by atomic mass is 16.5. The van der Waals surface area contributed by atoms with Gasteiger partial charge in [0, 0.05) is 5.92 Å². The van der Waals surface area contributed by atoms with Crippen molar-refractivity contribution >= 4 is 5.97 Å². The number of rotatable bonds is 4. The van der Waals surface area contributed by atoms with Gasteiger partial charge in [0.05, 0.1) is 12.5 Å². The lowest BCUT2D eigenvalue weighted by atomic mass is 9.85. The molecule has 1 aliphatic rings. The summed E-state index contributed by atoms with van der Waals surface area (Å²) >= 11 is 0. The minimum Gasteiger partial charge on any atom is -0.465 e. The molecule has 0 N–H and O–H groups in total. The Hall–Kier alpha value is -2.09. The SMILES string of the molecule is Cc1ccc(C[C@H]2C(=O)OC[C@@H]2Cc2ccccc2)cc1. The largest absolute Gasteiger partial charge is 0.465 e. The molecule has 1 heterocycles. The van der Waals surface area contributed by atoms with Crippen LogP contribution >= 0.6 is 0 Å². The Kier molecular flexibility index (Phi) is 4.05. The summed E-state index contributed by atoms with van der Waals surface area (Å²) in [5.74, 6) is 0.214. The zero-order valence-electron chi connectivity index (χ0n) is 12.3. The van der Waals surface area contributed by atoms with Crippen molar-refractivity contribution in [1.82, 2.24) is 0 Å². The smallest absolute Gasteiger partial charge is 0.309 e. The van der Waals surface area contributed by atoms with Crippen molar-refractivity contribution in [1.29, 1.82) is 0 Å². The van der Waals surface area contributed by atoms with Gasteiger partial charge in [-0.1, -0.05) is 60.2 Å². The van der Waals surface area contributed by atoms with Crippen LogP contribution in [0.3, 0.4) is 0 Å². The fourth-order valence-electron chi connectivity index (χ4n) is 2.95. The molecule has 0 radical (unpaired) electrons. The second-order valence-corrected chi connectivity index (χ2v) is 5.88. The molecule has 0 unspecified atom stereocenters. The molecule has 1 saturated heterocycles. The first-order chi connectivity index (χ1) is 10.2. The summed E-state index contributed by atoms with van der Waals surface area (Å²) in [4.78, 5) is 12.0. The molecule has 0 amide bonds. The Balaban J connectivity index is 1.72. The van der Waals surface area contributed by atoms with Gasteiger partial charge in [0.2, 0.25) is 0 Å². The summed E-state index contributed by atoms with van der Waals surface area (Å²) in [5, 5.41) is 0. The molecule has 0 saturated carbocycles. The van der Waals surface area contributed by atoms with Crippen LogP contribution in [0.2, 0.25) is 0 Å². The summed E-state index contributed by atoms with van der Waals surface area (Å²) in [7, 11) is 0. The quantitative estimate of drug-likeness (QED) is 0.800. The van der Waals surface area contributed by atoms with Gasteiger partial charge in [-0.2, -0.15) is 0 Å². The van der Waals surface area contributed by atoms with E-state index in [0.717, 1.165) is 12.8 Å². The van der Waals surface area contributed by atoms with Crippen LogP contribution in [0, 0.1) is 18.8 Å². The maximum atomic E-state index is 12.0. The van der Waals surface area contributed by atoms with Gasteiger partial charge < -0.3 is 4.74 Å². The highest BCUT2D eigenvalue weighted by molar-refractivity contribution is 5.75. The zero-order chi connectivity index (χ0) is 14.7. The second kappa shape index (κ2) is 6.13. The van der Waals surface area contributed by atoms with Gasteiger partial charge in [0.15, 0.2) is 0 Å². The van der Waals surface area contributed by atoms with Gasteiger partial charge in [-0.05, 0) is 30.9 Å². The summed E-state index contributed by atoms with van der Waals surface area (Å²) in [6, 6.07) is 18.8. The fraction of sp³-hybridized carbons (Fsp3) is 0.316. The number of hydrogen-bond donors (Lipinski definition) is 0. The molecule has 0 aliphatic carbocycles. The Labute approximate surface area is 125 Å². The molecule has 2 heteroatoms. The van der Waals surface area contributed by atoms with Crippen LogP contribution in [-0.4, -0.2) is 12.6 Å². The van der Waals surface area contributed by atoms with Crippen molar-refractivity contribution < 1.29 is 9.53 Å². The van der Waals surface area contributed by atoms with E-state index in [1.807, 2.05) is 18.2 Å². The first-order valence-electron chi connectivity index (χ1n) is 7.48. The van der Waals surface area contributed by atoms with Gasteiger partial charge in [-0.15, -0.1) is 0 Å². The molecule has 2 aromatic rings. The standard InChI is InChI=1S/C19H20O2/c1-14-7-9-16(10-8-14)12-18-17(13-21-19(18)20)11-15-5-3-2-4-6-15/h2-10,17-18H,11-13H2,1H3/t17-,18+/m0/s1. The average Bonchev–Trinajstić information content (AvgIpc) is 2.84. The molecule has 0 bridgehead atoms. The van der Waals surface area contributed by atoms with Gasteiger partial charge >= 0.3 is 5.97 Å². The third-order valence-corrected chi connectivity index (χ3v) is 4.23. The van der Waals surface area contributed by atoms with E-state index < -0.39 is 0 Å². The van der Waals surface area contributed by atoms with Crippen molar-refractivity contribution in [3.63, 3.8) is 0 Å². The lowest BCUT2D eigenvalue weighted by molar-refractivity contribution is -0.141. The second-order valence-electron chi connectivity index (χ2n) is 5.88. The van der Waals surface area contributed by atoms with Crippen LogP contribution in [0.15, 0.2) is 54.6 Å². The van der Waals surface area contributed by atoms with E-state index in [0.29, 0.717) is 6.61 Å². The maximum absolute atomic E-state index is 12.0. The van der Waals surface area contributed by atoms with Crippen LogP contribution in [0.4, 0.5) is 0 Å². The van der Waals surface area contributed by atoms with Crippen LogP contribution in [-0.2, 0) is 22.4 Å². The number of carbonyl (C=O) groups is 1. The number of hydrogen-bond acceptors (Lipinski definition) is 2. The molecule has 1 fully saturated rings. The molecule has 3 rings (SSSR count). The summed E-state index contributed by atoms with van der Waals surface area (Å²) in [6.45, 7) is 2.62. The van der Waals surface area contributed by atoms with E-state index in [1.54, 1.807) is 0 Å². The molecule has 108 valence electrons.